The van der Waals surface area contributed by atoms with Crippen LogP contribution in [0.2, 0.25) is 0 Å². The Labute approximate surface area is 147 Å². The van der Waals surface area contributed by atoms with Gasteiger partial charge >= 0.3 is 0 Å². The van der Waals surface area contributed by atoms with Gasteiger partial charge in [-0.05, 0) is 30.4 Å². The third-order valence-corrected chi connectivity index (χ3v) is 6.27. The second-order valence-electron chi connectivity index (χ2n) is 7.51. The van der Waals surface area contributed by atoms with E-state index in [-0.39, 0.29) is 29.8 Å². The predicted octanol–water partition coefficient (Wildman–Crippen LogP) is 0.544. The molecule has 3 N–H and O–H groups in total. The highest BCUT2D eigenvalue weighted by atomic mass is 16.3. The van der Waals surface area contributed by atoms with Gasteiger partial charge < -0.3 is 20.6 Å². The minimum Gasteiger partial charge on any atom is -0.390 e. The lowest BCUT2D eigenvalue weighted by atomic mass is 9.72. The second kappa shape index (κ2) is 6.11. The Morgan fingerprint density at radius 1 is 1.24 bits per heavy atom. The van der Waals surface area contributed by atoms with Gasteiger partial charge in [-0.2, -0.15) is 0 Å². The molecule has 0 bridgehead atoms. The average Bonchev–Trinajstić information content (AvgIpc) is 3.12. The highest BCUT2D eigenvalue weighted by Crippen LogP contribution is 2.49. The third-order valence-electron chi connectivity index (χ3n) is 6.27. The lowest BCUT2D eigenvalue weighted by Gasteiger charge is -2.42. The fourth-order valence-electron chi connectivity index (χ4n) is 4.77. The summed E-state index contributed by atoms with van der Waals surface area (Å²) in [5, 5.41) is 10.8. The number of piperidine rings is 1. The molecule has 2 aliphatic heterocycles. The molecule has 2 saturated heterocycles. The van der Waals surface area contributed by atoms with E-state index in [4.69, 9.17) is 5.73 Å². The molecule has 0 unspecified atom stereocenters. The zero-order valence-corrected chi connectivity index (χ0v) is 14.4. The fraction of sp³-hybridized carbons (Fsp3) is 0.579. The molecule has 2 heterocycles. The molecule has 6 nitrogen and oxygen atoms in total. The SMILES string of the molecule is N[C@H]1c2ccccc2C2(CCN(C(=O)CN3CCCC3=O)CC2)[C@@H]1O. The Bertz CT molecular complexity index is 697. The zero-order valence-electron chi connectivity index (χ0n) is 14.4. The van der Waals surface area contributed by atoms with E-state index in [1.165, 1.54) is 0 Å². The van der Waals surface area contributed by atoms with Crippen LogP contribution in [0.4, 0.5) is 0 Å². The standard InChI is InChI=1S/C19H25N3O3/c20-17-13-4-1-2-5-14(13)19(18(17)25)7-10-21(11-8-19)16(24)12-22-9-3-6-15(22)23/h1-2,4-5,17-18,25H,3,6-12,20H2/t17-,18+/m0/s1. The van der Waals surface area contributed by atoms with Crippen LogP contribution >= 0.6 is 0 Å². The first-order valence-electron chi connectivity index (χ1n) is 9.11. The summed E-state index contributed by atoms with van der Waals surface area (Å²) in [4.78, 5) is 27.7. The molecule has 1 aromatic carbocycles. The number of likely N-dealkylation sites (tertiary alicyclic amines) is 2. The maximum Gasteiger partial charge on any atom is 0.242 e. The number of amides is 2. The summed E-state index contributed by atoms with van der Waals surface area (Å²) in [5.41, 5.74) is 8.05. The second-order valence-corrected chi connectivity index (χ2v) is 7.51. The highest BCUT2D eigenvalue weighted by molar-refractivity contribution is 5.86. The maximum absolute atomic E-state index is 12.5. The molecule has 0 radical (unpaired) electrons. The molecule has 134 valence electrons. The summed E-state index contributed by atoms with van der Waals surface area (Å²) in [6.45, 7) is 2.06. The van der Waals surface area contributed by atoms with Crippen molar-refractivity contribution in [1.82, 2.24) is 9.80 Å². The van der Waals surface area contributed by atoms with E-state index in [1.807, 2.05) is 23.1 Å². The highest BCUT2D eigenvalue weighted by Gasteiger charge is 2.51. The van der Waals surface area contributed by atoms with Crippen LogP contribution in [0, 0.1) is 0 Å². The maximum atomic E-state index is 12.5. The summed E-state index contributed by atoms with van der Waals surface area (Å²) in [5.74, 6) is 0.0862. The number of nitrogens with two attached hydrogens (primary N) is 1. The number of nitrogens with zero attached hydrogens (tertiary/aromatic N) is 2. The van der Waals surface area contributed by atoms with Crippen molar-refractivity contribution in [2.24, 2.45) is 5.73 Å². The number of carbonyl (C=O) groups excluding carboxylic acids is 2. The quantitative estimate of drug-likeness (QED) is 0.821. The number of aliphatic hydroxyl groups excluding tert-OH is 1. The number of rotatable bonds is 2. The van der Waals surface area contributed by atoms with Crippen LogP contribution in [0.15, 0.2) is 24.3 Å². The van der Waals surface area contributed by atoms with E-state index < -0.39 is 6.10 Å². The summed E-state index contributed by atoms with van der Waals surface area (Å²) in [6.07, 6.45) is 2.20. The van der Waals surface area contributed by atoms with E-state index in [1.54, 1.807) is 4.90 Å². The Kier molecular flexibility index (Phi) is 4.04. The lowest BCUT2D eigenvalue weighted by Crippen LogP contribution is -2.52. The summed E-state index contributed by atoms with van der Waals surface area (Å²) in [7, 11) is 0. The lowest BCUT2D eigenvalue weighted by molar-refractivity contribution is -0.140. The number of benzene rings is 1. The molecule has 25 heavy (non-hydrogen) atoms. The van der Waals surface area contributed by atoms with E-state index in [9.17, 15) is 14.7 Å². The van der Waals surface area contributed by atoms with E-state index in [0.717, 1.165) is 17.5 Å². The van der Waals surface area contributed by atoms with Gasteiger partial charge in [-0.15, -0.1) is 0 Å². The molecular weight excluding hydrogens is 318 g/mol. The number of hydrogen-bond donors (Lipinski definition) is 2. The topological polar surface area (TPSA) is 86.9 Å². The summed E-state index contributed by atoms with van der Waals surface area (Å²) in [6, 6.07) is 7.64. The van der Waals surface area contributed by atoms with Crippen molar-refractivity contribution in [3.05, 3.63) is 35.4 Å². The molecule has 6 heteroatoms. The smallest absolute Gasteiger partial charge is 0.242 e. The van der Waals surface area contributed by atoms with Crippen LogP contribution in [0.1, 0.15) is 42.9 Å². The van der Waals surface area contributed by atoms with Gasteiger partial charge in [-0.25, -0.2) is 0 Å². The van der Waals surface area contributed by atoms with Gasteiger partial charge in [0.1, 0.15) is 0 Å². The first kappa shape index (κ1) is 16.5. The summed E-state index contributed by atoms with van der Waals surface area (Å²) < 4.78 is 0. The van der Waals surface area contributed by atoms with Crippen LogP contribution in [0.3, 0.4) is 0 Å². The molecule has 0 aromatic heterocycles. The predicted molar refractivity (Wildman–Crippen MR) is 92.7 cm³/mol. The van der Waals surface area contributed by atoms with E-state index >= 15 is 0 Å². The average molecular weight is 343 g/mol. The molecule has 1 aromatic rings. The Hall–Kier alpha value is -1.92. The molecule has 4 rings (SSSR count). The Morgan fingerprint density at radius 3 is 2.64 bits per heavy atom. The normalized spacial score (nSPS) is 27.8. The van der Waals surface area contributed by atoms with Crippen molar-refractivity contribution in [3.63, 3.8) is 0 Å². The van der Waals surface area contributed by atoms with Gasteiger partial charge in [-0.3, -0.25) is 9.59 Å². The van der Waals surface area contributed by atoms with Gasteiger partial charge in [0.15, 0.2) is 0 Å². The van der Waals surface area contributed by atoms with Gasteiger partial charge in [0.05, 0.1) is 18.7 Å². The molecule has 2 amide bonds. The minimum atomic E-state index is -0.609. The number of hydrogen-bond acceptors (Lipinski definition) is 4. The first-order valence-corrected chi connectivity index (χ1v) is 9.11. The van der Waals surface area contributed by atoms with Crippen molar-refractivity contribution in [2.75, 3.05) is 26.2 Å². The summed E-state index contributed by atoms with van der Waals surface area (Å²) >= 11 is 0. The van der Waals surface area contributed by atoms with Crippen molar-refractivity contribution >= 4 is 11.8 Å². The first-order chi connectivity index (χ1) is 12.0. The van der Waals surface area contributed by atoms with E-state index in [2.05, 4.69) is 6.07 Å². The molecule has 2 fully saturated rings. The van der Waals surface area contributed by atoms with Gasteiger partial charge in [0.2, 0.25) is 11.8 Å². The van der Waals surface area contributed by atoms with Crippen LogP contribution < -0.4 is 5.73 Å². The third kappa shape index (κ3) is 2.55. The monoisotopic (exact) mass is 343 g/mol. The van der Waals surface area contributed by atoms with Crippen molar-refractivity contribution in [3.8, 4) is 0 Å². The molecular formula is C19H25N3O3. The van der Waals surface area contributed by atoms with Gasteiger partial charge in [0, 0.05) is 31.5 Å². The number of fused-ring (bicyclic) bond motifs is 2. The molecule has 3 aliphatic rings. The number of carbonyl (C=O) groups is 2. The minimum absolute atomic E-state index is 0.00942. The number of aliphatic hydroxyl groups is 1. The van der Waals surface area contributed by atoms with E-state index in [0.29, 0.717) is 38.9 Å². The van der Waals surface area contributed by atoms with Crippen LogP contribution in [-0.2, 0) is 15.0 Å². The molecule has 2 atom stereocenters. The van der Waals surface area contributed by atoms with Crippen LogP contribution in [0.25, 0.3) is 0 Å². The molecule has 1 aliphatic carbocycles. The van der Waals surface area contributed by atoms with Crippen LogP contribution in [0.5, 0.6) is 0 Å². The zero-order chi connectivity index (χ0) is 17.6. The fourth-order valence-corrected chi connectivity index (χ4v) is 4.77. The van der Waals surface area contributed by atoms with Crippen molar-refractivity contribution < 1.29 is 14.7 Å². The van der Waals surface area contributed by atoms with Crippen LogP contribution in [-0.4, -0.2) is 59.0 Å². The molecule has 1 spiro atoms. The Morgan fingerprint density at radius 2 is 1.96 bits per heavy atom. The van der Waals surface area contributed by atoms with Crippen molar-refractivity contribution in [1.29, 1.82) is 0 Å². The van der Waals surface area contributed by atoms with Gasteiger partial charge in [0.25, 0.3) is 0 Å². The molecule has 0 saturated carbocycles. The van der Waals surface area contributed by atoms with Crippen molar-refractivity contribution in [2.45, 2.75) is 43.2 Å². The van der Waals surface area contributed by atoms with Gasteiger partial charge in [-0.1, -0.05) is 24.3 Å². The largest absolute Gasteiger partial charge is 0.390 e. The Balaban J connectivity index is 1.46.